The molecule has 8 nitrogen and oxygen atoms in total. The monoisotopic (exact) mass is 567 g/mol. The zero-order chi connectivity index (χ0) is 26.8. The topological polar surface area (TPSA) is 98.2 Å². The highest BCUT2D eigenvalue weighted by atomic mass is 79.9. The third-order valence-corrected chi connectivity index (χ3v) is 5.96. The van der Waals surface area contributed by atoms with Crippen molar-refractivity contribution in [2.75, 3.05) is 19.0 Å². The number of anilines is 1. The Morgan fingerprint density at radius 1 is 1.03 bits per heavy atom. The number of hydrazone groups is 1. The van der Waals surface area contributed by atoms with Crippen LogP contribution in [0.1, 0.15) is 30.5 Å². The van der Waals surface area contributed by atoms with Crippen LogP contribution in [-0.2, 0) is 16.2 Å². The Hall–Kier alpha value is -3.85. The van der Waals surface area contributed by atoms with Gasteiger partial charge in [0.1, 0.15) is 18.3 Å². The molecule has 1 atom stereocenters. The molecule has 0 radical (unpaired) electrons. The lowest BCUT2D eigenvalue weighted by atomic mass is 10.1. The summed E-state index contributed by atoms with van der Waals surface area (Å²) in [6.45, 7) is 6.27. The molecule has 2 amide bonds. The maximum absolute atomic E-state index is 12.4. The van der Waals surface area contributed by atoms with Gasteiger partial charge in [0.25, 0.3) is 5.91 Å². The predicted molar refractivity (Wildman–Crippen MR) is 147 cm³/mol. The van der Waals surface area contributed by atoms with E-state index in [0.717, 1.165) is 5.56 Å². The molecular weight excluding hydrogens is 538 g/mol. The van der Waals surface area contributed by atoms with Gasteiger partial charge in [0.15, 0.2) is 11.5 Å². The average Bonchev–Trinajstić information content (AvgIpc) is 2.89. The van der Waals surface area contributed by atoms with Crippen LogP contribution in [-0.4, -0.2) is 31.7 Å². The van der Waals surface area contributed by atoms with E-state index in [4.69, 9.17) is 14.2 Å². The molecule has 3 rings (SSSR count). The molecule has 0 fully saturated rings. The first kappa shape index (κ1) is 27.7. The van der Waals surface area contributed by atoms with E-state index in [1.54, 1.807) is 37.4 Å². The van der Waals surface area contributed by atoms with Crippen molar-refractivity contribution in [1.29, 1.82) is 0 Å². The lowest BCUT2D eigenvalue weighted by molar-refractivity contribution is -0.131. The number of ether oxygens (including phenoxy) is 3. The number of nitrogens with one attached hydrogen (secondary N) is 2. The maximum Gasteiger partial charge on any atom is 0.252 e. The molecule has 194 valence electrons. The van der Waals surface area contributed by atoms with E-state index in [0.29, 0.717) is 46.2 Å². The number of rotatable bonds is 11. The number of carbonyl (C=O) groups is 2. The van der Waals surface area contributed by atoms with E-state index in [-0.39, 0.29) is 0 Å². The maximum atomic E-state index is 12.4. The number of carbonyl (C=O) groups excluding carboxylic acids is 2. The van der Waals surface area contributed by atoms with E-state index < -0.39 is 17.7 Å². The molecule has 0 saturated heterocycles. The van der Waals surface area contributed by atoms with Crippen molar-refractivity contribution in [1.82, 2.24) is 5.43 Å². The van der Waals surface area contributed by atoms with Gasteiger partial charge in [-0.15, -0.1) is 0 Å². The first-order valence-electron chi connectivity index (χ1n) is 11.7. The van der Waals surface area contributed by atoms with Crippen LogP contribution in [0.25, 0.3) is 0 Å². The standard InChI is InChI=1S/C28H30BrN3O5/c1-5-36-25-15-21(14-24(29)26(25)37-17-20-8-6-18(2)7-9-20)16-30-32-28(34)19(3)27(33)31-22-10-12-23(35-4)13-11-22/h6-16,19H,5,17H2,1-4H3,(H,31,33)(H,32,34). The molecule has 0 aliphatic carbocycles. The summed E-state index contributed by atoms with van der Waals surface area (Å²) >= 11 is 3.54. The van der Waals surface area contributed by atoms with Gasteiger partial charge in [-0.3, -0.25) is 9.59 Å². The number of benzene rings is 3. The number of methoxy groups -OCH3 is 1. The van der Waals surface area contributed by atoms with Gasteiger partial charge >= 0.3 is 0 Å². The van der Waals surface area contributed by atoms with E-state index in [1.165, 1.54) is 18.7 Å². The minimum Gasteiger partial charge on any atom is -0.497 e. The Morgan fingerprint density at radius 3 is 2.38 bits per heavy atom. The van der Waals surface area contributed by atoms with E-state index in [2.05, 4.69) is 31.8 Å². The van der Waals surface area contributed by atoms with Crippen molar-refractivity contribution >= 4 is 39.6 Å². The molecule has 0 bridgehead atoms. The van der Waals surface area contributed by atoms with Gasteiger partial charge in [0.05, 0.1) is 24.4 Å². The highest BCUT2D eigenvalue weighted by Gasteiger charge is 2.21. The van der Waals surface area contributed by atoms with Gasteiger partial charge in [-0.25, -0.2) is 5.43 Å². The average molecular weight is 568 g/mol. The van der Waals surface area contributed by atoms with Crippen molar-refractivity contribution in [3.8, 4) is 17.2 Å². The van der Waals surface area contributed by atoms with Crippen molar-refractivity contribution in [3.05, 3.63) is 81.8 Å². The van der Waals surface area contributed by atoms with Crippen LogP contribution in [0.2, 0.25) is 0 Å². The van der Waals surface area contributed by atoms with Crippen LogP contribution in [0.4, 0.5) is 5.69 Å². The Kier molecular flexibility index (Phi) is 10.1. The van der Waals surface area contributed by atoms with Crippen LogP contribution in [0.3, 0.4) is 0 Å². The first-order valence-corrected chi connectivity index (χ1v) is 12.5. The van der Waals surface area contributed by atoms with Crippen LogP contribution in [0.5, 0.6) is 17.2 Å². The fourth-order valence-electron chi connectivity index (χ4n) is 3.22. The van der Waals surface area contributed by atoms with Gasteiger partial charge in [-0.05, 0) is 84.2 Å². The van der Waals surface area contributed by atoms with Crippen molar-refractivity contribution in [2.45, 2.75) is 27.4 Å². The quantitative estimate of drug-likeness (QED) is 0.182. The summed E-state index contributed by atoms with van der Waals surface area (Å²) in [5, 5.41) is 6.71. The van der Waals surface area contributed by atoms with Crippen LogP contribution in [0, 0.1) is 12.8 Å². The minimum absolute atomic E-state index is 0.388. The molecule has 37 heavy (non-hydrogen) atoms. The van der Waals surface area contributed by atoms with Gasteiger partial charge < -0.3 is 19.5 Å². The highest BCUT2D eigenvalue weighted by Crippen LogP contribution is 2.37. The summed E-state index contributed by atoms with van der Waals surface area (Å²) in [5.41, 5.74) is 5.88. The number of amides is 2. The molecule has 2 N–H and O–H groups in total. The SMILES string of the molecule is CCOc1cc(C=NNC(=O)C(C)C(=O)Nc2ccc(OC)cc2)cc(Br)c1OCc1ccc(C)cc1. The van der Waals surface area contributed by atoms with Crippen molar-refractivity contribution in [3.63, 3.8) is 0 Å². The predicted octanol–water partition coefficient (Wildman–Crippen LogP) is 5.47. The first-order chi connectivity index (χ1) is 17.8. The van der Waals surface area contributed by atoms with Crippen molar-refractivity contribution in [2.24, 2.45) is 11.0 Å². The second-order valence-corrected chi connectivity index (χ2v) is 9.07. The lowest BCUT2D eigenvalue weighted by Crippen LogP contribution is -2.34. The summed E-state index contributed by atoms with van der Waals surface area (Å²) in [6, 6.07) is 18.5. The summed E-state index contributed by atoms with van der Waals surface area (Å²) in [7, 11) is 1.56. The Morgan fingerprint density at radius 2 is 1.73 bits per heavy atom. The van der Waals surface area contributed by atoms with Gasteiger partial charge in [-0.1, -0.05) is 29.8 Å². The molecule has 0 aromatic heterocycles. The molecule has 9 heteroatoms. The Labute approximate surface area is 225 Å². The molecule has 0 saturated carbocycles. The van der Waals surface area contributed by atoms with Crippen LogP contribution in [0.15, 0.2) is 70.2 Å². The van der Waals surface area contributed by atoms with Gasteiger partial charge in [-0.2, -0.15) is 5.10 Å². The fourth-order valence-corrected chi connectivity index (χ4v) is 3.79. The zero-order valence-corrected chi connectivity index (χ0v) is 22.8. The fraction of sp³-hybridized carbons (Fsp3) is 0.250. The largest absolute Gasteiger partial charge is 0.497 e. The van der Waals surface area contributed by atoms with Gasteiger partial charge in [0.2, 0.25) is 5.91 Å². The number of nitrogens with zero attached hydrogens (tertiary/aromatic N) is 1. The van der Waals surface area contributed by atoms with Gasteiger partial charge in [0, 0.05) is 5.69 Å². The molecule has 0 aliphatic rings. The van der Waals surface area contributed by atoms with Crippen LogP contribution < -0.4 is 25.0 Å². The molecule has 3 aromatic carbocycles. The third-order valence-electron chi connectivity index (χ3n) is 5.37. The second-order valence-electron chi connectivity index (χ2n) is 8.21. The summed E-state index contributed by atoms with van der Waals surface area (Å²) in [5.74, 6) is -0.152. The van der Waals surface area contributed by atoms with E-state index in [9.17, 15) is 9.59 Å². The summed E-state index contributed by atoms with van der Waals surface area (Å²) in [4.78, 5) is 24.9. The number of hydrogen-bond donors (Lipinski definition) is 2. The number of halogens is 1. The molecule has 0 heterocycles. The van der Waals surface area contributed by atoms with Crippen molar-refractivity contribution < 1.29 is 23.8 Å². The molecule has 1 unspecified atom stereocenters. The summed E-state index contributed by atoms with van der Waals surface area (Å²) in [6.07, 6.45) is 1.48. The zero-order valence-electron chi connectivity index (χ0n) is 21.2. The smallest absolute Gasteiger partial charge is 0.252 e. The lowest BCUT2D eigenvalue weighted by Gasteiger charge is -2.15. The number of aryl methyl sites for hydroxylation is 1. The molecule has 0 aliphatic heterocycles. The summed E-state index contributed by atoms with van der Waals surface area (Å²) < 4.78 is 17.6. The normalized spacial score (nSPS) is 11.6. The minimum atomic E-state index is -0.956. The Balaban J connectivity index is 1.61. The Bertz CT molecular complexity index is 1240. The highest BCUT2D eigenvalue weighted by molar-refractivity contribution is 9.10. The van der Waals surface area contributed by atoms with Crippen LogP contribution >= 0.6 is 15.9 Å². The second kappa shape index (κ2) is 13.5. The molecular formula is C28H30BrN3O5. The number of hydrogen-bond acceptors (Lipinski definition) is 6. The molecule has 3 aromatic rings. The molecule has 0 spiro atoms. The third kappa shape index (κ3) is 8.08. The van der Waals surface area contributed by atoms with E-state index in [1.807, 2.05) is 44.2 Å². The van der Waals surface area contributed by atoms with E-state index >= 15 is 0 Å².